The molecule has 0 aromatic carbocycles. The molecule has 106 valence electrons. The van der Waals surface area contributed by atoms with Gasteiger partial charge in [-0.2, -0.15) is 0 Å². The normalized spacial score (nSPS) is 20.4. The number of anilines is 1. The maximum Gasteiger partial charge on any atom is 0.138 e. The minimum Gasteiger partial charge on any atom is -0.356 e. The van der Waals surface area contributed by atoms with E-state index in [0.29, 0.717) is 22.4 Å². The van der Waals surface area contributed by atoms with E-state index in [2.05, 4.69) is 49.5 Å². The van der Waals surface area contributed by atoms with Gasteiger partial charge in [-0.1, -0.05) is 46.2 Å². The Morgan fingerprint density at radius 1 is 1.32 bits per heavy atom. The van der Waals surface area contributed by atoms with Crippen LogP contribution >= 0.6 is 11.6 Å². The molecule has 2 heterocycles. The molecule has 0 saturated carbocycles. The highest BCUT2D eigenvalue weighted by Gasteiger charge is 2.33. The number of hydrogen-bond acceptors (Lipinski definition) is 3. The zero-order chi connectivity index (χ0) is 14.2. The number of aromatic nitrogens is 2. The van der Waals surface area contributed by atoms with Gasteiger partial charge in [0.15, 0.2) is 0 Å². The molecule has 4 heteroatoms. The van der Waals surface area contributed by atoms with E-state index in [1.54, 1.807) is 6.33 Å². The highest BCUT2D eigenvalue weighted by atomic mass is 35.5. The monoisotopic (exact) mass is 281 g/mol. The van der Waals surface area contributed by atoms with E-state index in [-0.39, 0.29) is 0 Å². The molecule has 0 amide bonds. The van der Waals surface area contributed by atoms with Gasteiger partial charge in [0.2, 0.25) is 0 Å². The summed E-state index contributed by atoms with van der Waals surface area (Å²) in [5.74, 6) is 2.08. The van der Waals surface area contributed by atoms with Crippen LogP contribution in [0.2, 0.25) is 5.15 Å². The fourth-order valence-corrected chi connectivity index (χ4v) is 3.12. The minimum atomic E-state index is 0.345. The average Bonchev–Trinajstić information content (AvgIpc) is 2.76. The number of hydrogen-bond donors (Lipinski definition) is 0. The first kappa shape index (κ1) is 14.6. The Kier molecular flexibility index (Phi) is 4.05. The van der Waals surface area contributed by atoms with Crippen molar-refractivity contribution in [1.82, 2.24) is 9.97 Å². The third-order valence-corrected chi connectivity index (χ3v) is 4.41. The molecule has 0 aliphatic carbocycles. The summed E-state index contributed by atoms with van der Waals surface area (Å²) >= 11 is 6.25. The van der Waals surface area contributed by atoms with Gasteiger partial charge < -0.3 is 4.90 Å². The predicted octanol–water partition coefficient (Wildman–Crippen LogP) is 4.13. The second kappa shape index (κ2) is 5.28. The van der Waals surface area contributed by atoms with Gasteiger partial charge >= 0.3 is 0 Å². The van der Waals surface area contributed by atoms with Gasteiger partial charge in [-0.15, -0.1) is 0 Å². The summed E-state index contributed by atoms with van der Waals surface area (Å²) in [4.78, 5) is 11.0. The molecule has 0 N–H and O–H groups in total. The van der Waals surface area contributed by atoms with Gasteiger partial charge in [0.1, 0.15) is 17.3 Å². The summed E-state index contributed by atoms with van der Waals surface area (Å²) < 4.78 is 0. The molecule has 19 heavy (non-hydrogen) atoms. The second-order valence-corrected chi connectivity index (χ2v) is 7.21. The van der Waals surface area contributed by atoms with Crippen molar-refractivity contribution in [2.45, 2.75) is 47.0 Å². The van der Waals surface area contributed by atoms with Crippen molar-refractivity contribution in [3.8, 4) is 0 Å². The van der Waals surface area contributed by atoms with Crippen LogP contribution in [0.5, 0.6) is 0 Å². The standard InChI is InChI=1S/C15H24ClN3/c1-10(2)12-13(16)17-9-18-14(12)19-7-6-11(8-19)15(3,4)5/h9-11H,6-8H2,1-5H3. The lowest BCUT2D eigenvalue weighted by Gasteiger charge is -2.28. The van der Waals surface area contributed by atoms with Crippen molar-refractivity contribution in [2.75, 3.05) is 18.0 Å². The van der Waals surface area contributed by atoms with Gasteiger partial charge in [0.25, 0.3) is 0 Å². The molecule has 0 spiro atoms. The maximum absolute atomic E-state index is 6.25. The van der Waals surface area contributed by atoms with E-state index in [4.69, 9.17) is 11.6 Å². The van der Waals surface area contributed by atoms with Gasteiger partial charge in [-0.25, -0.2) is 9.97 Å². The molecule has 1 atom stereocenters. The van der Waals surface area contributed by atoms with E-state index in [0.717, 1.165) is 24.5 Å². The summed E-state index contributed by atoms with van der Waals surface area (Å²) in [7, 11) is 0. The molecular formula is C15H24ClN3. The van der Waals surface area contributed by atoms with Crippen LogP contribution in [0.3, 0.4) is 0 Å². The maximum atomic E-state index is 6.25. The smallest absolute Gasteiger partial charge is 0.138 e. The molecular weight excluding hydrogens is 258 g/mol. The fraction of sp³-hybridized carbons (Fsp3) is 0.733. The van der Waals surface area contributed by atoms with Crippen molar-refractivity contribution in [3.63, 3.8) is 0 Å². The van der Waals surface area contributed by atoms with Crippen LogP contribution in [0.1, 0.15) is 52.5 Å². The molecule has 1 fully saturated rings. The second-order valence-electron chi connectivity index (χ2n) is 6.85. The molecule has 1 aromatic heterocycles. The van der Waals surface area contributed by atoms with Gasteiger partial charge in [-0.3, -0.25) is 0 Å². The summed E-state index contributed by atoms with van der Waals surface area (Å²) in [6, 6.07) is 0. The van der Waals surface area contributed by atoms with Crippen LogP contribution in [0.4, 0.5) is 5.82 Å². The van der Waals surface area contributed by atoms with E-state index >= 15 is 0 Å². The van der Waals surface area contributed by atoms with E-state index < -0.39 is 0 Å². The minimum absolute atomic E-state index is 0.345. The highest BCUT2D eigenvalue weighted by molar-refractivity contribution is 6.30. The van der Waals surface area contributed by atoms with Crippen molar-refractivity contribution in [1.29, 1.82) is 0 Å². The highest BCUT2D eigenvalue weighted by Crippen LogP contribution is 2.38. The number of halogens is 1. The van der Waals surface area contributed by atoms with Crippen molar-refractivity contribution in [3.05, 3.63) is 17.0 Å². The Hall–Kier alpha value is -0.830. The van der Waals surface area contributed by atoms with Gasteiger partial charge in [-0.05, 0) is 23.7 Å². The largest absolute Gasteiger partial charge is 0.356 e. The Labute approximate surface area is 121 Å². The zero-order valence-electron chi connectivity index (χ0n) is 12.6. The van der Waals surface area contributed by atoms with Crippen LogP contribution in [-0.4, -0.2) is 23.1 Å². The lowest BCUT2D eigenvalue weighted by Crippen LogP contribution is -2.27. The lowest BCUT2D eigenvalue weighted by atomic mass is 9.80. The summed E-state index contributed by atoms with van der Waals surface area (Å²) in [6.07, 6.45) is 2.80. The van der Waals surface area contributed by atoms with Crippen LogP contribution in [0.25, 0.3) is 0 Å². The predicted molar refractivity (Wildman–Crippen MR) is 80.9 cm³/mol. The molecule has 1 aliphatic heterocycles. The molecule has 1 unspecified atom stereocenters. The number of nitrogens with zero attached hydrogens (tertiary/aromatic N) is 3. The molecule has 1 aromatic rings. The first-order valence-corrected chi connectivity index (χ1v) is 7.44. The van der Waals surface area contributed by atoms with Crippen LogP contribution in [-0.2, 0) is 0 Å². The Bertz CT molecular complexity index is 451. The first-order chi connectivity index (χ1) is 8.80. The van der Waals surface area contributed by atoms with E-state index in [1.165, 1.54) is 6.42 Å². The Morgan fingerprint density at radius 3 is 2.53 bits per heavy atom. The third kappa shape index (κ3) is 3.02. The molecule has 0 radical (unpaired) electrons. The Balaban J connectivity index is 2.27. The fourth-order valence-electron chi connectivity index (χ4n) is 2.77. The SMILES string of the molecule is CC(C)c1c(Cl)ncnc1N1CCC(C(C)(C)C)C1. The average molecular weight is 282 g/mol. The number of rotatable bonds is 2. The molecule has 1 saturated heterocycles. The zero-order valence-corrected chi connectivity index (χ0v) is 13.3. The van der Waals surface area contributed by atoms with Crippen LogP contribution in [0, 0.1) is 11.3 Å². The Morgan fingerprint density at radius 2 is 2.00 bits per heavy atom. The molecule has 1 aliphatic rings. The molecule has 3 nitrogen and oxygen atoms in total. The third-order valence-electron chi connectivity index (χ3n) is 4.10. The van der Waals surface area contributed by atoms with Crippen LogP contribution < -0.4 is 4.90 Å². The van der Waals surface area contributed by atoms with Gasteiger partial charge in [0.05, 0.1) is 0 Å². The van der Waals surface area contributed by atoms with Crippen molar-refractivity contribution >= 4 is 17.4 Å². The van der Waals surface area contributed by atoms with E-state index in [9.17, 15) is 0 Å². The molecule has 0 bridgehead atoms. The van der Waals surface area contributed by atoms with E-state index in [1.807, 2.05) is 0 Å². The van der Waals surface area contributed by atoms with Crippen LogP contribution in [0.15, 0.2) is 6.33 Å². The lowest BCUT2D eigenvalue weighted by molar-refractivity contribution is 0.263. The summed E-state index contributed by atoms with van der Waals surface area (Å²) in [6.45, 7) is 13.4. The summed E-state index contributed by atoms with van der Waals surface area (Å²) in [5, 5.41) is 0.596. The topological polar surface area (TPSA) is 29.0 Å². The molecule has 2 rings (SSSR count). The first-order valence-electron chi connectivity index (χ1n) is 7.06. The van der Waals surface area contributed by atoms with Crippen molar-refractivity contribution < 1.29 is 0 Å². The van der Waals surface area contributed by atoms with Crippen molar-refractivity contribution in [2.24, 2.45) is 11.3 Å². The summed E-state index contributed by atoms with van der Waals surface area (Å²) in [5.41, 5.74) is 1.43. The van der Waals surface area contributed by atoms with Gasteiger partial charge in [0, 0.05) is 18.7 Å². The quantitative estimate of drug-likeness (QED) is 0.764.